The Hall–Kier alpha value is -3.07. The maximum absolute atomic E-state index is 12.9. The second-order valence-electron chi connectivity index (χ2n) is 7.83. The van der Waals surface area contributed by atoms with Crippen molar-refractivity contribution in [1.29, 1.82) is 0 Å². The van der Waals surface area contributed by atoms with Gasteiger partial charge in [0.2, 0.25) is 5.91 Å². The molecule has 2 unspecified atom stereocenters. The first kappa shape index (κ1) is 26.0. The topological polar surface area (TPSA) is 181 Å². The first-order valence-electron chi connectivity index (χ1n) is 10.6. The fourth-order valence-corrected chi connectivity index (χ4v) is 6.40. The average molecular weight is 553 g/mol. The Labute approximate surface area is 217 Å². The monoisotopic (exact) mass is 552 g/mol. The molecule has 1 aromatic heterocycles. The van der Waals surface area contributed by atoms with E-state index in [0.717, 1.165) is 16.7 Å². The molecule has 3 heterocycles. The molecule has 4 rings (SSSR count). The molecule has 0 bridgehead atoms. The van der Waals surface area contributed by atoms with Crippen molar-refractivity contribution in [3.8, 4) is 5.88 Å². The third-order valence-electron chi connectivity index (χ3n) is 5.65. The molecule has 2 amide bonds. The highest BCUT2D eigenvalue weighted by Gasteiger charge is 2.54. The standard InChI is InChI=1S/C21H21ClN6O6S2/c1-2-27-18(32)16(30)25-26-21(27)36-8-10-7-35-19-13(17(31)28(19)14(10)20(33)34)24-15(29)12(23)9-3-5-11(22)6-4-9/h3-6,12-13,19H,2,7-8,23H2,1H3,(H,24,29)(H,25,30)(H,33,34)/t12?,13?,19-/m0/s1. The summed E-state index contributed by atoms with van der Waals surface area (Å²) in [6.07, 6.45) is 0. The van der Waals surface area contributed by atoms with Gasteiger partial charge in [-0.25, -0.2) is 4.79 Å². The van der Waals surface area contributed by atoms with E-state index in [2.05, 4.69) is 15.5 Å². The number of rotatable bonds is 8. The molecule has 2 aromatic rings. The van der Waals surface area contributed by atoms with Crippen LogP contribution in [0.2, 0.25) is 5.02 Å². The Morgan fingerprint density at radius 1 is 1.31 bits per heavy atom. The third kappa shape index (κ3) is 4.81. The first-order valence-corrected chi connectivity index (χ1v) is 13.1. The van der Waals surface area contributed by atoms with Crippen molar-refractivity contribution >= 4 is 52.9 Å². The lowest BCUT2D eigenvalue weighted by Crippen LogP contribution is -2.71. The number of thioether (sulfide) groups is 2. The highest BCUT2D eigenvalue weighted by atomic mass is 35.5. The molecule has 3 atom stereocenters. The van der Waals surface area contributed by atoms with Gasteiger partial charge in [-0.2, -0.15) is 0 Å². The van der Waals surface area contributed by atoms with Gasteiger partial charge in [0.15, 0.2) is 5.16 Å². The maximum Gasteiger partial charge on any atom is 0.352 e. The van der Waals surface area contributed by atoms with Gasteiger partial charge >= 0.3 is 11.5 Å². The second kappa shape index (κ2) is 10.5. The van der Waals surface area contributed by atoms with Crippen LogP contribution in [0.15, 0.2) is 45.5 Å². The molecule has 0 spiro atoms. The van der Waals surface area contributed by atoms with Gasteiger partial charge in [0.1, 0.15) is 23.2 Å². The summed E-state index contributed by atoms with van der Waals surface area (Å²) in [5.41, 5.74) is 6.13. The number of nitrogens with two attached hydrogens (primary N) is 1. The number of fused-ring (bicyclic) bond motifs is 1. The van der Waals surface area contributed by atoms with Crippen molar-refractivity contribution in [3.05, 3.63) is 56.5 Å². The van der Waals surface area contributed by atoms with Crippen molar-refractivity contribution in [2.75, 3.05) is 11.5 Å². The lowest BCUT2D eigenvalue weighted by Gasteiger charge is -2.49. The van der Waals surface area contributed by atoms with E-state index in [-0.39, 0.29) is 28.9 Å². The Balaban J connectivity index is 1.48. The van der Waals surface area contributed by atoms with Gasteiger partial charge in [0.25, 0.3) is 11.8 Å². The number of hydrogen-bond donors (Lipinski definition) is 4. The van der Waals surface area contributed by atoms with E-state index in [1.165, 1.54) is 16.3 Å². The quantitative estimate of drug-likeness (QED) is 0.265. The van der Waals surface area contributed by atoms with Crippen LogP contribution in [0.4, 0.5) is 0 Å². The fraction of sp³-hybridized carbons (Fsp3) is 0.333. The molecule has 0 saturated carbocycles. The molecule has 12 nitrogen and oxygen atoms in total. The number of carboxylic acids is 1. The average Bonchev–Trinajstić information content (AvgIpc) is 2.87. The Morgan fingerprint density at radius 3 is 2.64 bits per heavy atom. The minimum atomic E-state index is -1.28. The maximum atomic E-state index is 12.9. The normalized spacial score (nSPS) is 20.0. The molecule has 0 radical (unpaired) electrons. The van der Waals surface area contributed by atoms with E-state index in [9.17, 15) is 29.4 Å². The summed E-state index contributed by atoms with van der Waals surface area (Å²) in [4.78, 5) is 50.8. The lowest BCUT2D eigenvalue weighted by atomic mass is 10.0. The van der Waals surface area contributed by atoms with E-state index in [4.69, 9.17) is 17.3 Å². The van der Waals surface area contributed by atoms with Crippen LogP contribution in [0.3, 0.4) is 0 Å². The smallest absolute Gasteiger partial charge is 0.352 e. The zero-order valence-corrected chi connectivity index (χ0v) is 21.1. The van der Waals surface area contributed by atoms with Crippen LogP contribution in [0.1, 0.15) is 18.5 Å². The van der Waals surface area contributed by atoms with Crippen molar-refractivity contribution in [2.45, 2.75) is 36.1 Å². The zero-order valence-electron chi connectivity index (χ0n) is 18.8. The highest BCUT2D eigenvalue weighted by molar-refractivity contribution is 8.01. The van der Waals surface area contributed by atoms with Crippen LogP contribution in [0.25, 0.3) is 0 Å². The van der Waals surface area contributed by atoms with Crippen LogP contribution in [0.5, 0.6) is 5.88 Å². The number of nitrogens with zero attached hydrogens (tertiary/aromatic N) is 4. The van der Waals surface area contributed by atoms with E-state index in [0.29, 0.717) is 16.2 Å². The Bertz CT molecular complexity index is 1320. The Morgan fingerprint density at radius 2 is 2.00 bits per heavy atom. The van der Waals surface area contributed by atoms with Gasteiger partial charge in [0, 0.05) is 23.1 Å². The summed E-state index contributed by atoms with van der Waals surface area (Å²) < 4.78 is 1.22. The molecule has 5 N–H and O–H groups in total. The first-order chi connectivity index (χ1) is 17.1. The van der Waals surface area contributed by atoms with E-state index in [1.807, 2.05) is 0 Å². The van der Waals surface area contributed by atoms with Gasteiger partial charge in [-0.05, 0) is 30.2 Å². The summed E-state index contributed by atoms with van der Waals surface area (Å²) in [6.45, 7) is 1.93. The predicted molar refractivity (Wildman–Crippen MR) is 132 cm³/mol. The van der Waals surface area contributed by atoms with E-state index < -0.39 is 46.7 Å². The van der Waals surface area contributed by atoms with E-state index >= 15 is 0 Å². The molecule has 0 aliphatic carbocycles. The molecule has 1 aromatic carbocycles. The van der Waals surface area contributed by atoms with Crippen LogP contribution in [0, 0.1) is 0 Å². The molecular formula is C21H21ClN6O6S2. The Kier molecular flexibility index (Phi) is 7.59. The third-order valence-corrected chi connectivity index (χ3v) is 8.29. The summed E-state index contributed by atoms with van der Waals surface area (Å²) in [5, 5.41) is 29.3. The lowest BCUT2D eigenvalue weighted by molar-refractivity contribution is -0.150. The largest absolute Gasteiger partial charge is 0.488 e. The number of amides is 2. The van der Waals surface area contributed by atoms with Gasteiger partial charge < -0.3 is 21.3 Å². The number of hydrogen-bond acceptors (Lipinski definition) is 10. The molecule has 2 aliphatic heterocycles. The van der Waals surface area contributed by atoms with Gasteiger partial charge in [0.05, 0.1) is 0 Å². The van der Waals surface area contributed by atoms with Crippen LogP contribution in [-0.4, -0.2) is 70.6 Å². The second-order valence-corrected chi connectivity index (χ2v) is 10.3. The van der Waals surface area contributed by atoms with Crippen LogP contribution in [-0.2, 0) is 20.9 Å². The minimum Gasteiger partial charge on any atom is -0.488 e. The number of aliphatic carboxylic acids is 1. The number of aromatic hydroxyl groups is 1. The summed E-state index contributed by atoms with van der Waals surface area (Å²) in [7, 11) is 0. The van der Waals surface area contributed by atoms with E-state index in [1.54, 1.807) is 31.2 Å². The predicted octanol–water partition coefficient (Wildman–Crippen LogP) is 0.548. The number of benzene rings is 1. The van der Waals surface area contributed by atoms with Gasteiger partial charge in [-0.15, -0.1) is 22.0 Å². The fourth-order valence-electron chi connectivity index (χ4n) is 3.79. The molecule has 1 fully saturated rings. The number of carbonyl (C=O) groups is 3. The SMILES string of the molecule is CCn1c(SCC2=C(C(=O)O)N3C(=O)C(NC(=O)C(N)c4ccc(Cl)cc4)[C@@H]3SC2)nnc(O)c1=O. The number of nitrogens with one attached hydrogen (secondary N) is 1. The number of halogens is 1. The minimum absolute atomic E-state index is 0.127. The summed E-state index contributed by atoms with van der Waals surface area (Å²) in [6, 6.07) is 4.49. The number of carboxylic acid groups (broad SMARTS) is 1. The van der Waals surface area contributed by atoms with Gasteiger partial charge in [-0.3, -0.25) is 23.9 Å². The molecule has 2 aliphatic rings. The van der Waals surface area contributed by atoms with Crippen molar-refractivity contribution in [1.82, 2.24) is 25.0 Å². The number of β-lactam (4-membered cyclic amide) rings is 1. The van der Waals surface area contributed by atoms with Crippen molar-refractivity contribution in [2.24, 2.45) is 5.73 Å². The molecular weight excluding hydrogens is 532 g/mol. The zero-order chi connectivity index (χ0) is 26.1. The van der Waals surface area contributed by atoms with Crippen LogP contribution >= 0.6 is 35.1 Å². The van der Waals surface area contributed by atoms with Crippen molar-refractivity contribution < 1.29 is 24.6 Å². The highest BCUT2D eigenvalue weighted by Crippen LogP contribution is 2.41. The summed E-state index contributed by atoms with van der Waals surface area (Å²) in [5.74, 6) is -2.72. The van der Waals surface area contributed by atoms with Crippen molar-refractivity contribution in [3.63, 3.8) is 0 Å². The number of aromatic nitrogens is 3. The molecule has 1 saturated heterocycles. The molecule has 190 valence electrons. The van der Waals surface area contributed by atoms with Crippen LogP contribution < -0.4 is 16.6 Å². The number of carbonyl (C=O) groups excluding carboxylic acids is 2. The molecule has 36 heavy (non-hydrogen) atoms. The summed E-state index contributed by atoms with van der Waals surface area (Å²) >= 11 is 8.25. The van der Waals surface area contributed by atoms with Gasteiger partial charge in [-0.1, -0.05) is 35.5 Å². The molecule has 15 heteroatoms.